The van der Waals surface area contributed by atoms with Crippen LogP contribution in [-0.2, 0) is 6.42 Å². The highest BCUT2D eigenvalue weighted by atomic mass is 16.6. The molecule has 4 heteroatoms. The van der Waals surface area contributed by atoms with Crippen molar-refractivity contribution in [1.82, 2.24) is 0 Å². The van der Waals surface area contributed by atoms with Crippen LogP contribution in [0.4, 0.5) is 5.69 Å². The number of fused-ring (bicyclic) bond motifs is 1. The van der Waals surface area contributed by atoms with Crippen LogP contribution in [0.2, 0.25) is 0 Å². The molecule has 0 heterocycles. The van der Waals surface area contributed by atoms with E-state index in [9.17, 15) is 15.2 Å². The van der Waals surface area contributed by atoms with Crippen LogP contribution in [0.1, 0.15) is 23.7 Å². The molecule has 13 heavy (non-hydrogen) atoms. The third-order valence-corrected chi connectivity index (χ3v) is 2.38. The number of rotatable bonds is 1. The van der Waals surface area contributed by atoms with Crippen LogP contribution in [-0.4, -0.2) is 10.0 Å². The summed E-state index contributed by atoms with van der Waals surface area (Å²) in [7, 11) is 0. The molecule has 2 rings (SSSR count). The molecule has 0 fully saturated rings. The van der Waals surface area contributed by atoms with Gasteiger partial charge in [-0.05, 0) is 30.0 Å². The lowest BCUT2D eigenvalue weighted by atomic mass is 10.1. The topological polar surface area (TPSA) is 63.4 Å². The third kappa shape index (κ3) is 1.29. The first kappa shape index (κ1) is 8.19. The summed E-state index contributed by atoms with van der Waals surface area (Å²) < 4.78 is 0. The van der Waals surface area contributed by atoms with Crippen LogP contribution >= 0.6 is 0 Å². The molecule has 4 nitrogen and oxygen atoms in total. The van der Waals surface area contributed by atoms with Gasteiger partial charge in [0, 0.05) is 12.1 Å². The van der Waals surface area contributed by atoms with E-state index < -0.39 is 11.0 Å². The zero-order chi connectivity index (χ0) is 9.42. The fourth-order valence-corrected chi connectivity index (χ4v) is 1.70. The first-order chi connectivity index (χ1) is 6.18. The lowest BCUT2D eigenvalue weighted by molar-refractivity contribution is -0.384. The smallest absolute Gasteiger partial charge is 0.269 e. The van der Waals surface area contributed by atoms with Gasteiger partial charge in [-0.2, -0.15) is 0 Å². The molecule has 1 atom stereocenters. The Balaban J connectivity index is 2.45. The molecule has 0 amide bonds. The lowest BCUT2D eigenvalue weighted by Crippen LogP contribution is -1.92. The fourth-order valence-electron chi connectivity index (χ4n) is 1.70. The van der Waals surface area contributed by atoms with Crippen molar-refractivity contribution >= 4 is 5.69 Å². The van der Waals surface area contributed by atoms with Gasteiger partial charge in [0.25, 0.3) is 5.69 Å². The molecule has 1 aliphatic rings. The van der Waals surface area contributed by atoms with Crippen molar-refractivity contribution in [3.8, 4) is 0 Å². The van der Waals surface area contributed by atoms with Gasteiger partial charge in [-0.1, -0.05) is 0 Å². The molecule has 1 aromatic carbocycles. The summed E-state index contributed by atoms with van der Waals surface area (Å²) in [4.78, 5) is 10.0. The Labute approximate surface area is 75.0 Å². The first-order valence-corrected chi connectivity index (χ1v) is 4.14. The van der Waals surface area contributed by atoms with E-state index in [0.717, 1.165) is 17.5 Å². The van der Waals surface area contributed by atoms with Gasteiger partial charge in [0.05, 0.1) is 11.0 Å². The summed E-state index contributed by atoms with van der Waals surface area (Å²) in [5.74, 6) is 0. The number of nitrogens with zero attached hydrogens (tertiary/aromatic N) is 1. The van der Waals surface area contributed by atoms with Crippen molar-refractivity contribution in [3.05, 3.63) is 39.4 Å². The molecule has 0 unspecified atom stereocenters. The van der Waals surface area contributed by atoms with Gasteiger partial charge in [0.1, 0.15) is 0 Å². The minimum absolute atomic E-state index is 0.104. The van der Waals surface area contributed by atoms with Crippen LogP contribution < -0.4 is 0 Å². The molecule has 0 radical (unpaired) electrons. The van der Waals surface area contributed by atoms with E-state index in [1.807, 2.05) is 0 Å². The highest BCUT2D eigenvalue weighted by Crippen LogP contribution is 2.32. The highest BCUT2D eigenvalue weighted by molar-refractivity contribution is 5.43. The second kappa shape index (κ2) is 2.81. The molecule has 1 aliphatic carbocycles. The minimum atomic E-state index is -0.434. The number of nitro groups is 1. The molecule has 1 aromatic rings. The van der Waals surface area contributed by atoms with Gasteiger partial charge in [-0.3, -0.25) is 10.1 Å². The molecule has 0 saturated carbocycles. The molecule has 0 spiro atoms. The largest absolute Gasteiger partial charge is 0.388 e. The third-order valence-electron chi connectivity index (χ3n) is 2.38. The van der Waals surface area contributed by atoms with Gasteiger partial charge in [0.2, 0.25) is 0 Å². The zero-order valence-electron chi connectivity index (χ0n) is 6.93. The molecular weight excluding hydrogens is 170 g/mol. The highest BCUT2D eigenvalue weighted by Gasteiger charge is 2.22. The summed E-state index contributed by atoms with van der Waals surface area (Å²) in [6.45, 7) is 0. The van der Waals surface area contributed by atoms with Gasteiger partial charge < -0.3 is 5.11 Å². The van der Waals surface area contributed by atoms with E-state index in [4.69, 9.17) is 0 Å². The summed E-state index contributed by atoms with van der Waals surface area (Å²) >= 11 is 0. The Morgan fingerprint density at radius 1 is 1.54 bits per heavy atom. The van der Waals surface area contributed by atoms with Crippen LogP contribution in [0.25, 0.3) is 0 Å². The molecule has 0 saturated heterocycles. The maximum Gasteiger partial charge on any atom is 0.269 e. The normalized spacial score (nSPS) is 19.9. The van der Waals surface area contributed by atoms with Gasteiger partial charge in [-0.15, -0.1) is 0 Å². The summed E-state index contributed by atoms with van der Waals surface area (Å²) in [5.41, 5.74) is 1.85. The second-order valence-corrected chi connectivity index (χ2v) is 3.19. The molecular formula is C9H9NO3. The van der Waals surface area contributed by atoms with Crippen LogP contribution in [0.3, 0.4) is 0 Å². The van der Waals surface area contributed by atoms with Crippen LogP contribution in [0.5, 0.6) is 0 Å². The molecule has 0 aromatic heterocycles. The van der Waals surface area contributed by atoms with Crippen molar-refractivity contribution in [2.24, 2.45) is 0 Å². The van der Waals surface area contributed by atoms with Gasteiger partial charge in [0.15, 0.2) is 0 Å². The second-order valence-electron chi connectivity index (χ2n) is 3.19. The van der Waals surface area contributed by atoms with Gasteiger partial charge in [-0.25, -0.2) is 0 Å². The lowest BCUT2D eigenvalue weighted by Gasteiger charge is -2.01. The standard InChI is InChI=1S/C9H9NO3/c11-9-4-1-6-5-7(10(12)13)2-3-8(6)9/h2-3,5,9,11H,1,4H2/t9-/m0/s1. The van der Waals surface area contributed by atoms with E-state index in [1.165, 1.54) is 6.07 Å². The zero-order valence-corrected chi connectivity index (χ0v) is 6.93. The Morgan fingerprint density at radius 3 is 3.00 bits per heavy atom. The number of hydrogen-bond donors (Lipinski definition) is 1. The number of aliphatic hydroxyl groups excluding tert-OH is 1. The summed E-state index contributed by atoms with van der Waals surface area (Å²) in [5, 5.41) is 19.9. The van der Waals surface area contributed by atoms with Crippen molar-refractivity contribution in [2.75, 3.05) is 0 Å². The SMILES string of the molecule is O=[N+]([O-])c1ccc2c(c1)CC[C@@H]2O. The predicted molar refractivity (Wildman–Crippen MR) is 46.4 cm³/mol. The number of benzene rings is 1. The van der Waals surface area contributed by atoms with E-state index in [-0.39, 0.29) is 5.69 Å². The van der Waals surface area contributed by atoms with Crippen molar-refractivity contribution in [3.63, 3.8) is 0 Å². The van der Waals surface area contributed by atoms with E-state index in [0.29, 0.717) is 6.42 Å². The van der Waals surface area contributed by atoms with Gasteiger partial charge >= 0.3 is 0 Å². The average molecular weight is 179 g/mol. The fraction of sp³-hybridized carbons (Fsp3) is 0.333. The van der Waals surface area contributed by atoms with Crippen molar-refractivity contribution in [2.45, 2.75) is 18.9 Å². The molecule has 68 valence electrons. The Bertz CT molecular complexity index is 362. The monoisotopic (exact) mass is 179 g/mol. The Hall–Kier alpha value is -1.42. The minimum Gasteiger partial charge on any atom is -0.388 e. The number of non-ortho nitro benzene ring substituents is 1. The van der Waals surface area contributed by atoms with E-state index in [1.54, 1.807) is 12.1 Å². The molecule has 0 aliphatic heterocycles. The van der Waals surface area contributed by atoms with Crippen molar-refractivity contribution in [1.29, 1.82) is 0 Å². The van der Waals surface area contributed by atoms with E-state index >= 15 is 0 Å². The number of aryl methyl sites for hydroxylation is 1. The maximum atomic E-state index is 10.4. The average Bonchev–Trinajstić information content (AvgIpc) is 2.47. The van der Waals surface area contributed by atoms with Crippen LogP contribution in [0, 0.1) is 10.1 Å². The summed E-state index contributed by atoms with van der Waals surface area (Å²) in [6, 6.07) is 4.63. The Kier molecular flexibility index (Phi) is 1.77. The number of aliphatic hydroxyl groups is 1. The van der Waals surface area contributed by atoms with Crippen molar-refractivity contribution < 1.29 is 10.0 Å². The van der Waals surface area contributed by atoms with Crippen LogP contribution in [0.15, 0.2) is 18.2 Å². The Morgan fingerprint density at radius 2 is 2.31 bits per heavy atom. The van der Waals surface area contributed by atoms with E-state index in [2.05, 4.69) is 0 Å². The summed E-state index contributed by atoms with van der Waals surface area (Å²) in [6.07, 6.45) is 0.977. The predicted octanol–water partition coefficient (Wildman–Crippen LogP) is 1.57. The first-order valence-electron chi connectivity index (χ1n) is 4.14. The molecule has 1 N–H and O–H groups in total. The number of hydrogen-bond acceptors (Lipinski definition) is 3. The maximum absolute atomic E-state index is 10.4. The quantitative estimate of drug-likeness (QED) is 0.525. The number of nitro benzene ring substituents is 1. The molecule has 0 bridgehead atoms.